The van der Waals surface area contributed by atoms with Crippen molar-refractivity contribution < 1.29 is 9.53 Å². The Kier molecular flexibility index (Phi) is 5.07. The van der Waals surface area contributed by atoms with Crippen LogP contribution in [0.25, 0.3) is 0 Å². The number of nitrogens with one attached hydrogen (secondary N) is 2. The number of carbonyl (C=O) groups excluding carboxylic acids is 1. The van der Waals surface area contributed by atoms with E-state index in [4.69, 9.17) is 4.74 Å². The molecular formula is C21H25N3O4. The predicted molar refractivity (Wildman–Crippen MR) is 106 cm³/mol. The molecule has 2 aromatic rings. The quantitative estimate of drug-likeness (QED) is 0.849. The molecule has 0 bridgehead atoms. The molecule has 2 N–H and O–H groups in total. The van der Waals surface area contributed by atoms with Gasteiger partial charge in [-0.25, -0.2) is 4.79 Å². The van der Waals surface area contributed by atoms with Crippen molar-refractivity contribution in [3.63, 3.8) is 0 Å². The molecule has 28 heavy (non-hydrogen) atoms. The highest BCUT2D eigenvalue weighted by molar-refractivity contribution is 5.88. The highest BCUT2D eigenvalue weighted by atomic mass is 16.5. The van der Waals surface area contributed by atoms with Gasteiger partial charge in [0, 0.05) is 24.2 Å². The van der Waals surface area contributed by atoms with Crippen molar-refractivity contribution in [3.8, 4) is 5.75 Å². The number of carbonyl (C=O) groups is 1. The SMILES string of the molecule is CC(=O)Nc1ccc(O[C@H]2CCc3c2[nH]c(=O)n(C2CCCCC2)c3=O)cc1. The fourth-order valence-corrected chi connectivity index (χ4v) is 4.31. The molecule has 1 amide bonds. The lowest BCUT2D eigenvalue weighted by atomic mass is 9.95. The molecule has 1 saturated carbocycles. The Morgan fingerprint density at radius 1 is 1.11 bits per heavy atom. The highest BCUT2D eigenvalue weighted by Crippen LogP contribution is 2.33. The molecule has 7 nitrogen and oxygen atoms in total. The minimum absolute atomic E-state index is 0.0107. The summed E-state index contributed by atoms with van der Waals surface area (Å²) in [6, 6.07) is 7.07. The first-order valence-electron chi connectivity index (χ1n) is 9.95. The average Bonchev–Trinajstić information content (AvgIpc) is 3.06. The van der Waals surface area contributed by atoms with Gasteiger partial charge in [0.1, 0.15) is 11.9 Å². The van der Waals surface area contributed by atoms with E-state index in [0.29, 0.717) is 35.5 Å². The normalized spacial score (nSPS) is 19.2. The second-order valence-corrected chi connectivity index (χ2v) is 7.64. The fraction of sp³-hybridized carbons (Fsp3) is 0.476. The Bertz CT molecular complexity index is 984. The summed E-state index contributed by atoms with van der Waals surface area (Å²) in [5.41, 5.74) is 1.48. The molecule has 148 valence electrons. The van der Waals surface area contributed by atoms with Crippen LogP contribution >= 0.6 is 0 Å². The van der Waals surface area contributed by atoms with E-state index in [0.717, 1.165) is 25.7 Å². The Morgan fingerprint density at radius 3 is 2.50 bits per heavy atom. The summed E-state index contributed by atoms with van der Waals surface area (Å²) in [4.78, 5) is 39.7. The van der Waals surface area contributed by atoms with E-state index in [-0.39, 0.29) is 29.3 Å². The van der Waals surface area contributed by atoms with Gasteiger partial charge in [-0.3, -0.25) is 14.2 Å². The Hall–Kier alpha value is -2.83. The van der Waals surface area contributed by atoms with Crippen molar-refractivity contribution in [2.45, 2.75) is 64.0 Å². The molecule has 4 rings (SSSR count). The van der Waals surface area contributed by atoms with Crippen LogP contribution in [0.5, 0.6) is 5.75 Å². The molecule has 1 aromatic heterocycles. The van der Waals surface area contributed by atoms with Gasteiger partial charge in [0.15, 0.2) is 0 Å². The van der Waals surface area contributed by atoms with Crippen LogP contribution in [0, 0.1) is 0 Å². The average molecular weight is 383 g/mol. The monoisotopic (exact) mass is 383 g/mol. The van der Waals surface area contributed by atoms with Crippen LogP contribution in [0.3, 0.4) is 0 Å². The zero-order valence-corrected chi connectivity index (χ0v) is 16.0. The van der Waals surface area contributed by atoms with Crippen LogP contribution in [-0.2, 0) is 11.2 Å². The van der Waals surface area contributed by atoms with Crippen LogP contribution in [0.15, 0.2) is 33.9 Å². The number of rotatable bonds is 4. The first-order chi connectivity index (χ1) is 13.5. The molecule has 1 aromatic carbocycles. The predicted octanol–water partition coefficient (Wildman–Crippen LogP) is 3.07. The summed E-state index contributed by atoms with van der Waals surface area (Å²) in [5.74, 6) is 0.495. The summed E-state index contributed by atoms with van der Waals surface area (Å²) in [6.45, 7) is 1.45. The van der Waals surface area contributed by atoms with Crippen molar-refractivity contribution in [1.29, 1.82) is 0 Å². The summed E-state index contributed by atoms with van der Waals surface area (Å²) >= 11 is 0. The maximum Gasteiger partial charge on any atom is 0.328 e. The molecule has 0 spiro atoms. The summed E-state index contributed by atoms with van der Waals surface area (Å²) in [5, 5.41) is 2.71. The van der Waals surface area contributed by atoms with E-state index < -0.39 is 0 Å². The molecule has 2 aliphatic carbocycles. The van der Waals surface area contributed by atoms with Gasteiger partial charge in [-0.1, -0.05) is 19.3 Å². The van der Waals surface area contributed by atoms with Gasteiger partial charge in [-0.15, -0.1) is 0 Å². The number of hydrogen-bond donors (Lipinski definition) is 2. The van der Waals surface area contributed by atoms with Crippen molar-refractivity contribution in [2.24, 2.45) is 0 Å². The molecule has 0 saturated heterocycles. The molecule has 1 fully saturated rings. The zero-order chi connectivity index (χ0) is 19.7. The van der Waals surface area contributed by atoms with E-state index in [9.17, 15) is 14.4 Å². The third-order valence-corrected chi connectivity index (χ3v) is 5.63. The second-order valence-electron chi connectivity index (χ2n) is 7.64. The van der Waals surface area contributed by atoms with Crippen LogP contribution in [0.1, 0.15) is 68.9 Å². The number of H-pyrrole nitrogens is 1. The summed E-state index contributed by atoms with van der Waals surface area (Å²) < 4.78 is 7.46. The smallest absolute Gasteiger partial charge is 0.328 e. The number of hydrogen-bond acceptors (Lipinski definition) is 4. The van der Waals surface area contributed by atoms with Gasteiger partial charge in [0.05, 0.1) is 5.69 Å². The second kappa shape index (κ2) is 7.66. The van der Waals surface area contributed by atoms with Crippen LogP contribution < -0.4 is 21.3 Å². The van der Waals surface area contributed by atoms with E-state index in [1.54, 1.807) is 24.3 Å². The van der Waals surface area contributed by atoms with Crippen LogP contribution in [-0.4, -0.2) is 15.5 Å². The van der Waals surface area contributed by atoms with Gasteiger partial charge in [-0.05, 0) is 49.9 Å². The number of anilines is 1. The lowest BCUT2D eigenvalue weighted by Gasteiger charge is -2.23. The number of amides is 1. The maximum absolute atomic E-state index is 13.0. The van der Waals surface area contributed by atoms with E-state index in [1.807, 2.05) is 0 Å². The van der Waals surface area contributed by atoms with Crippen molar-refractivity contribution in [1.82, 2.24) is 9.55 Å². The maximum atomic E-state index is 13.0. The topological polar surface area (TPSA) is 93.2 Å². The van der Waals surface area contributed by atoms with Crippen molar-refractivity contribution in [3.05, 3.63) is 56.4 Å². The summed E-state index contributed by atoms with van der Waals surface area (Å²) in [7, 11) is 0. The number of aromatic amines is 1. The minimum atomic E-state index is -0.344. The van der Waals surface area contributed by atoms with E-state index in [2.05, 4.69) is 10.3 Å². The fourth-order valence-electron chi connectivity index (χ4n) is 4.31. The number of fused-ring (bicyclic) bond motifs is 1. The Labute approximate surface area is 162 Å². The number of nitrogens with zero attached hydrogens (tertiary/aromatic N) is 1. The van der Waals surface area contributed by atoms with E-state index in [1.165, 1.54) is 17.9 Å². The first-order valence-corrected chi connectivity index (χ1v) is 9.95. The Morgan fingerprint density at radius 2 is 1.82 bits per heavy atom. The number of ether oxygens (including phenoxy) is 1. The molecule has 0 radical (unpaired) electrons. The van der Waals surface area contributed by atoms with Gasteiger partial charge in [-0.2, -0.15) is 0 Å². The molecule has 0 unspecified atom stereocenters. The lowest BCUT2D eigenvalue weighted by Crippen LogP contribution is -2.41. The van der Waals surface area contributed by atoms with Gasteiger partial charge >= 0.3 is 5.69 Å². The lowest BCUT2D eigenvalue weighted by molar-refractivity contribution is -0.114. The van der Waals surface area contributed by atoms with Gasteiger partial charge in [0.25, 0.3) is 5.56 Å². The molecule has 2 aliphatic rings. The third kappa shape index (κ3) is 3.61. The number of aromatic nitrogens is 2. The van der Waals surface area contributed by atoms with Crippen molar-refractivity contribution in [2.75, 3.05) is 5.32 Å². The first kappa shape index (κ1) is 18.5. The molecule has 1 atom stereocenters. The molecule has 7 heteroatoms. The van der Waals surface area contributed by atoms with Crippen LogP contribution in [0.2, 0.25) is 0 Å². The van der Waals surface area contributed by atoms with Crippen LogP contribution in [0.4, 0.5) is 5.69 Å². The van der Waals surface area contributed by atoms with Crippen molar-refractivity contribution >= 4 is 11.6 Å². The van der Waals surface area contributed by atoms with E-state index >= 15 is 0 Å². The Balaban J connectivity index is 1.57. The zero-order valence-electron chi connectivity index (χ0n) is 16.0. The third-order valence-electron chi connectivity index (χ3n) is 5.63. The minimum Gasteiger partial charge on any atom is -0.484 e. The van der Waals surface area contributed by atoms with Gasteiger partial charge in [0.2, 0.25) is 5.91 Å². The standard InChI is InChI=1S/C21H25N3O4/c1-13(25)22-14-7-9-16(10-8-14)28-18-12-11-17-19(18)23-21(27)24(20(17)26)15-5-3-2-4-6-15/h7-10,15,18H,2-6,11-12H2,1H3,(H,22,25)(H,23,27)/t18-/m0/s1. The molecule has 1 heterocycles. The number of benzene rings is 1. The van der Waals surface area contributed by atoms with Gasteiger partial charge < -0.3 is 15.0 Å². The largest absolute Gasteiger partial charge is 0.484 e. The highest BCUT2D eigenvalue weighted by Gasteiger charge is 2.31. The summed E-state index contributed by atoms with van der Waals surface area (Å²) in [6.07, 6.45) is 5.99. The molecular weight excluding hydrogens is 358 g/mol. The molecule has 0 aliphatic heterocycles.